The highest BCUT2D eigenvalue weighted by atomic mass is 32.2. The van der Waals surface area contributed by atoms with Crippen molar-refractivity contribution in [2.24, 2.45) is 5.92 Å². The maximum absolute atomic E-state index is 12.9. The molecule has 1 saturated heterocycles. The number of rotatable bonds is 5. The third-order valence-corrected chi connectivity index (χ3v) is 7.19. The molecule has 1 fully saturated rings. The van der Waals surface area contributed by atoms with Gasteiger partial charge in [-0.15, -0.1) is 0 Å². The number of amides is 1. The zero-order valence-electron chi connectivity index (χ0n) is 16.7. The normalized spacial score (nSPS) is 18.0. The van der Waals surface area contributed by atoms with Crippen LogP contribution in [0.25, 0.3) is 0 Å². The molecule has 1 atom stereocenters. The quantitative estimate of drug-likeness (QED) is 0.830. The van der Waals surface area contributed by atoms with Gasteiger partial charge in [0, 0.05) is 18.8 Å². The molecule has 0 saturated carbocycles. The Bertz CT molecular complexity index is 969. The summed E-state index contributed by atoms with van der Waals surface area (Å²) in [6, 6.07) is 13.5. The first-order chi connectivity index (χ1) is 13.3. The lowest BCUT2D eigenvalue weighted by Gasteiger charge is -2.31. The summed E-state index contributed by atoms with van der Waals surface area (Å²) in [5.41, 5.74) is 4.65. The van der Waals surface area contributed by atoms with E-state index in [0.29, 0.717) is 19.4 Å². The molecule has 2 aromatic carbocycles. The Balaban J connectivity index is 1.70. The lowest BCUT2D eigenvalue weighted by molar-refractivity contribution is -0.120. The van der Waals surface area contributed by atoms with E-state index in [1.165, 1.54) is 4.31 Å². The number of anilines is 1. The molecule has 0 radical (unpaired) electrons. The van der Waals surface area contributed by atoms with E-state index < -0.39 is 10.0 Å². The Morgan fingerprint density at radius 2 is 1.86 bits per heavy atom. The molecule has 1 amide bonds. The second-order valence-electron chi connectivity index (χ2n) is 7.69. The van der Waals surface area contributed by atoms with Gasteiger partial charge in [0.1, 0.15) is 0 Å². The summed E-state index contributed by atoms with van der Waals surface area (Å²) in [5.74, 6) is -0.463. The van der Waals surface area contributed by atoms with Gasteiger partial charge in [0.05, 0.1) is 11.7 Å². The molecular formula is C22H28N2O3S. The van der Waals surface area contributed by atoms with E-state index >= 15 is 0 Å². The van der Waals surface area contributed by atoms with E-state index in [1.54, 1.807) is 0 Å². The first-order valence-corrected chi connectivity index (χ1v) is 11.3. The predicted octanol–water partition coefficient (Wildman–Crippen LogP) is 3.79. The van der Waals surface area contributed by atoms with Crippen LogP contribution in [0.4, 0.5) is 5.69 Å². The van der Waals surface area contributed by atoms with Crippen molar-refractivity contribution in [2.45, 2.75) is 39.4 Å². The third-order valence-electron chi connectivity index (χ3n) is 5.40. The fraction of sp³-hybridized carbons (Fsp3) is 0.409. The zero-order chi connectivity index (χ0) is 20.3. The lowest BCUT2D eigenvalue weighted by Crippen LogP contribution is -2.44. The number of benzene rings is 2. The monoisotopic (exact) mass is 400 g/mol. The van der Waals surface area contributed by atoms with Gasteiger partial charge < -0.3 is 5.32 Å². The second kappa shape index (κ2) is 8.45. The third kappa shape index (κ3) is 4.80. The second-order valence-corrected chi connectivity index (χ2v) is 9.66. The molecule has 0 bridgehead atoms. The standard InChI is InChI=1S/C22H28N2O3S/c1-16-10-11-18(3)21(13-16)23-22(25)19-9-6-12-24(14-19)28(26,27)15-20-8-5-4-7-17(20)2/h4-5,7-8,10-11,13,19H,6,9,12,14-15H2,1-3H3,(H,23,25)/t19-/m0/s1. The summed E-state index contributed by atoms with van der Waals surface area (Å²) in [4.78, 5) is 12.8. The van der Waals surface area contributed by atoms with Crippen LogP contribution in [0, 0.1) is 26.7 Å². The van der Waals surface area contributed by atoms with Gasteiger partial charge in [-0.05, 0) is 61.9 Å². The average molecular weight is 401 g/mol. The molecule has 0 spiro atoms. The molecular weight excluding hydrogens is 372 g/mol. The van der Waals surface area contributed by atoms with Gasteiger partial charge in [0.15, 0.2) is 0 Å². The van der Waals surface area contributed by atoms with Crippen molar-refractivity contribution in [3.05, 3.63) is 64.7 Å². The molecule has 5 nitrogen and oxygen atoms in total. The first kappa shape index (κ1) is 20.6. The highest BCUT2D eigenvalue weighted by Crippen LogP contribution is 2.24. The molecule has 2 aromatic rings. The fourth-order valence-corrected chi connectivity index (χ4v) is 5.29. The SMILES string of the molecule is Cc1ccc(C)c(NC(=O)[C@H]2CCCN(S(=O)(=O)Cc3ccccc3C)C2)c1. The molecule has 0 aromatic heterocycles. The van der Waals surface area contributed by atoms with Crippen LogP contribution in [-0.4, -0.2) is 31.7 Å². The van der Waals surface area contributed by atoms with Crippen LogP contribution in [0.15, 0.2) is 42.5 Å². The molecule has 1 heterocycles. The van der Waals surface area contributed by atoms with Crippen LogP contribution in [0.2, 0.25) is 0 Å². The van der Waals surface area contributed by atoms with Crippen molar-refractivity contribution in [3.8, 4) is 0 Å². The Labute approximate surface area is 167 Å². The minimum Gasteiger partial charge on any atom is -0.326 e. The van der Waals surface area contributed by atoms with Gasteiger partial charge in [-0.2, -0.15) is 0 Å². The van der Waals surface area contributed by atoms with Crippen LogP contribution < -0.4 is 5.32 Å². The van der Waals surface area contributed by atoms with Crippen molar-refractivity contribution in [3.63, 3.8) is 0 Å². The number of hydrogen-bond acceptors (Lipinski definition) is 3. The Morgan fingerprint density at radius 3 is 2.61 bits per heavy atom. The Hall–Kier alpha value is -2.18. The van der Waals surface area contributed by atoms with E-state index in [1.807, 2.05) is 63.2 Å². The number of nitrogens with zero attached hydrogens (tertiary/aromatic N) is 1. The molecule has 1 N–H and O–H groups in total. The number of sulfonamides is 1. The van der Waals surface area contributed by atoms with Crippen LogP contribution in [0.5, 0.6) is 0 Å². The number of hydrogen-bond donors (Lipinski definition) is 1. The molecule has 1 aliphatic heterocycles. The number of nitrogens with one attached hydrogen (secondary N) is 1. The molecule has 6 heteroatoms. The van der Waals surface area contributed by atoms with Crippen molar-refractivity contribution in [2.75, 3.05) is 18.4 Å². The van der Waals surface area contributed by atoms with E-state index in [-0.39, 0.29) is 24.1 Å². The van der Waals surface area contributed by atoms with Gasteiger partial charge in [-0.3, -0.25) is 4.79 Å². The van der Waals surface area contributed by atoms with Crippen LogP contribution in [0.3, 0.4) is 0 Å². The predicted molar refractivity (Wildman–Crippen MR) is 113 cm³/mol. The average Bonchev–Trinajstić information content (AvgIpc) is 2.66. The number of aryl methyl sites for hydroxylation is 3. The minimum atomic E-state index is -3.46. The zero-order valence-corrected chi connectivity index (χ0v) is 17.6. The van der Waals surface area contributed by atoms with Gasteiger partial charge >= 0.3 is 0 Å². The summed E-state index contributed by atoms with van der Waals surface area (Å²) >= 11 is 0. The van der Waals surface area contributed by atoms with Crippen molar-refractivity contribution in [1.82, 2.24) is 4.31 Å². The van der Waals surface area contributed by atoms with E-state index in [4.69, 9.17) is 0 Å². The molecule has 28 heavy (non-hydrogen) atoms. The Kier molecular flexibility index (Phi) is 6.20. The molecule has 0 aliphatic carbocycles. The minimum absolute atomic E-state index is 0.0228. The first-order valence-electron chi connectivity index (χ1n) is 9.67. The molecule has 1 aliphatic rings. The van der Waals surface area contributed by atoms with Gasteiger partial charge in [0.2, 0.25) is 15.9 Å². The van der Waals surface area contributed by atoms with E-state index in [0.717, 1.165) is 27.9 Å². The molecule has 150 valence electrons. The van der Waals surface area contributed by atoms with Crippen LogP contribution >= 0.6 is 0 Å². The van der Waals surface area contributed by atoms with E-state index in [9.17, 15) is 13.2 Å². The van der Waals surface area contributed by atoms with Crippen molar-refractivity contribution in [1.29, 1.82) is 0 Å². The topological polar surface area (TPSA) is 66.5 Å². The molecule has 3 rings (SSSR count). The van der Waals surface area contributed by atoms with Crippen LogP contribution in [-0.2, 0) is 20.6 Å². The summed E-state index contributed by atoms with van der Waals surface area (Å²) in [6.45, 7) is 6.57. The number of carbonyl (C=O) groups excluding carboxylic acids is 1. The fourth-order valence-electron chi connectivity index (χ4n) is 3.57. The van der Waals surface area contributed by atoms with Crippen molar-refractivity contribution < 1.29 is 13.2 Å². The number of carbonyl (C=O) groups is 1. The molecule has 0 unspecified atom stereocenters. The van der Waals surface area contributed by atoms with Gasteiger partial charge in [0.25, 0.3) is 0 Å². The smallest absolute Gasteiger partial charge is 0.228 e. The summed E-state index contributed by atoms with van der Waals surface area (Å²) < 4.78 is 27.3. The number of piperidine rings is 1. The highest BCUT2D eigenvalue weighted by Gasteiger charge is 2.32. The summed E-state index contributed by atoms with van der Waals surface area (Å²) in [6.07, 6.45) is 1.39. The summed E-state index contributed by atoms with van der Waals surface area (Å²) in [7, 11) is -3.46. The van der Waals surface area contributed by atoms with Gasteiger partial charge in [-0.1, -0.05) is 36.4 Å². The van der Waals surface area contributed by atoms with E-state index in [2.05, 4.69) is 5.32 Å². The van der Waals surface area contributed by atoms with Crippen LogP contribution in [0.1, 0.15) is 35.1 Å². The van der Waals surface area contributed by atoms with Gasteiger partial charge in [-0.25, -0.2) is 12.7 Å². The lowest BCUT2D eigenvalue weighted by atomic mass is 9.98. The largest absolute Gasteiger partial charge is 0.326 e. The summed E-state index contributed by atoms with van der Waals surface area (Å²) in [5, 5.41) is 2.99. The van der Waals surface area contributed by atoms with Crippen molar-refractivity contribution >= 4 is 21.6 Å². The highest BCUT2D eigenvalue weighted by molar-refractivity contribution is 7.88. The maximum atomic E-state index is 12.9. The Morgan fingerprint density at radius 1 is 1.11 bits per heavy atom. The maximum Gasteiger partial charge on any atom is 0.228 e.